The monoisotopic (exact) mass is 550 g/mol. The van der Waals surface area contributed by atoms with Crippen molar-refractivity contribution < 1.29 is 29.0 Å². The van der Waals surface area contributed by atoms with Crippen LogP contribution in [0, 0.1) is 0 Å². The van der Waals surface area contributed by atoms with E-state index in [9.17, 15) is 19.5 Å². The first kappa shape index (κ1) is 37.0. The second-order valence-corrected chi connectivity index (χ2v) is 10.6. The third-order valence-electron chi connectivity index (χ3n) is 6.67. The van der Waals surface area contributed by atoms with Gasteiger partial charge in [0.05, 0.1) is 0 Å². The maximum absolute atomic E-state index is 11.9. The van der Waals surface area contributed by atoms with Crippen molar-refractivity contribution >= 4 is 17.7 Å². The van der Waals surface area contributed by atoms with Crippen molar-refractivity contribution in [1.82, 2.24) is 0 Å². The molecule has 0 bridgehead atoms. The van der Waals surface area contributed by atoms with Gasteiger partial charge >= 0.3 is 11.9 Å². The van der Waals surface area contributed by atoms with Gasteiger partial charge in [0.2, 0.25) is 0 Å². The van der Waals surface area contributed by atoms with E-state index < -0.39 is 6.10 Å². The highest BCUT2D eigenvalue weighted by molar-refractivity contribution is 5.89. The molecule has 0 unspecified atom stereocenters. The molecule has 1 N–H and O–H groups in total. The smallest absolute Gasteiger partial charge is 0.305 e. The molecule has 0 heterocycles. The summed E-state index contributed by atoms with van der Waals surface area (Å²) in [6.45, 7) is 4.10. The second kappa shape index (κ2) is 29.0. The average Bonchev–Trinajstić information content (AvgIpc) is 2.93. The number of hydrogen-bond acceptors (Lipinski definition) is 6. The van der Waals surface area contributed by atoms with Crippen molar-refractivity contribution in [2.24, 2.45) is 0 Å². The molecule has 0 spiro atoms. The zero-order valence-corrected chi connectivity index (χ0v) is 25.1. The number of carbonyl (C=O) groups is 3. The number of ketones is 1. The highest BCUT2D eigenvalue weighted by Crippen LogP contribution is 2.11. The Morgan fingerprint density at radius 1 is 0.590 bits per heavy atom. The Morgan fingerprint density at radius 3 is 1.54 bits per heavy atom. The SMILES string of the molecule is CCCCC/C=C\C=C\C(=O)CCCCCCCC(=O)OC[C@H](O)COC(=O)CCCCCCCCCCC. The first-order chi connectivity index (χ1) is 19.0. The van der Waals surface area contributed by atoms with Crippen LogP contribution in [0.15, 0.2) is 24.3 Å². The summed E-state index contributed by atoms with van der Waals surface area (Å²) in [4.78, 5) is 35.5. The summed E-state index contributed by atoms with van der Waals surface area (Å²) < 4.78 is 10.2. The molecule has 0 saturated heterocycles. The predicted molar refractivity (Wildman–Crippen MR) is 160 cm³/mol. The van der Waals surface area contributed by atoms with E-state index >= 15 is 0 Å². The van der Waals surface area contributed by atoms with E-state index in [0.717, 1.165) is 57.8 Å². The van der Waals surface area contributed by atoms with Crippen LogP contribution in [-0.4, -0.2) is 42.1 Å². The van der Waals surface area contributed by atoms with Crippen LogP contribution in [-0.2, 0) is 23.9 Å². The molecule has 39 heavy (non-hydrogen) atoms. The second-order valence-electron chi connectivity index (χ2n) is 10.6. The molecule has 0 aromatic carbocycles. The lowest BCUT2D eigenvalue weighted by Gasteiger charge is -2.12. The minimum Gasteiger partial charge on any atom is -0.463 e. The Balaban J connectivity index is 3.57. The number of rotatable bonds is 28. The average molecular weight is 551 g/mol. The zero-order valence-electron chi connectivity index (χ0n) is 25.1. The molecule has 0 aromatic heterocycles. The first-order valence-corrected chi connectivity index (χ1v) is 15.8. The molecule has 226 valence electrons. The van der Waals surface area contributed by atoms with Crippen molar-refractivity contribution in [3.8, 4) is 0 Å². The quantitative estimate of drug-likeness (QED) is 0.0456. The topological polar surface area (TPSA) is 89.9 Å². The Hall–Kier alpha value is -1.95. The van der Waals surface area contributed by atoms with Gasteiger partial charge in [-0.25, -0.2) is 0 Å². The van der Waals surface area contributed by atoms with Gasteiger partial charge in [0, 0.05) is 19.3 Å². The van der Waals surface area contributed by atoms with Crippen LogP contribution in [0.5, 0.6) is 0 Å². The van der Waals surface area contributed by atoms with E-state index in [1.807, 2.05) is 12.2 Å². The summed E-state index contributed by atoms with van der Waals surface area (Å²) in [7, 11) is 0. The third-order valence-corrected chi connectivity index (χ3v) is 6.67. The van der Waals surface area contributed by atoms with Gasteiger partial charge in [-0.3, -0.25) is 14.4 Å². The number of hydrogen-bond donors (Lipinski definition) is 1. The number of carbonyl (C=O) groups excluding carboxylic acids is 3. The summed E-state index contributed by atoms with van der Waals surface area (Å²) in [6.07, 6.45) is 27.6. The highest BCUT2D eigenvalue weighted by Gasteiger charge is 2.12. The van der Waals surface area contributed by atoms with Gasteiger partial charge in [-0.15, -0.1) is 0 Å². The minimum atomic E-state index is -0.996. The van der Waals surface area contributed by atoms with Crippen molar-refractivity contribution in [2.45, 2.75) is 155 Å². The van der Waals surface area contributed by atoms with Crippen LogP contribution in [0.25, 0.3) is 0 Å². The zero-order chi connectivity index (χ0) is 28.8. The lowest BCUT2D eigenvalue weighted by Crippen LogP contribution is -2.25. The molecule has 0 aliphatic carbocycles. The fourth-order valence-electron chi connectivity index (χ4n) is 4.18. The van der Waals surface area contributed by atoms with Crippen LogP contribution in [0.1, 0.15) is 149 Å². The van der Waals surface area contributed by atoms with E-state index in [-0.39, 0.29) is 30.9 Å². The molecule has 1 atom stereocenters. The van der Waals surface area contributed by atoms with Crippen LogP contribution < -0.4 is 0 Å². The van der Waals surface area contributed by atoms with Gasteiger partial charge < -0.3 is 14.6 Å². The lowest BCUT2D eigenvalue weighted by molar-refractivity contribution is -0.152. The number of ether oxygens (including phenoxy) is 2. The number of esters is 2. The van der Waals surface area contributed by atoms with E-state index in [1.54, 1.807) is 6.08 Å². The lowest BCUT2D eigenvalue weighted by atomic mass is 10.1. The summed E-state index contributed by atoms with van der Waals surface area (Å²) in [6, 6.07) is 0. The van der Waals surface area contributed by atoms with Crippen LogP contribution in [0.3, 0.4) is 0 Å². The molecule has 0 amide bonds. The van der Waals surface area contributed by atoms with Gasteiger partial charge in [-0.2, -0.15) is 0 Å². The van der Waals surface area contributed by atoms with E-state index in [1.165, 1.54) is 57.8 Å². The van der Waals surface area contributed by atoms with Gasteiger partial charge in [-0.05, 0) is 38.2 Å². The van der Waals surface area contributed by atoms with Crippen LogP contribution >= 0.6 is 0 Å². The highest BCUT2D eigenvalue weighted by atomic mass is 16.6. The van der Waals surface area contributed by atoms with Gasteiger partial charge in [-0.1, -0.05) is 116 Å². The molecule has 0 fully saturated rings. The molecule has 0 aromatic rings. The van der Waals surface area contributed by atoms with Crippen molar-refractivity contribution in [3.05, 3.63) is 24.3 Å². The summed E-state index contributed by atoms with van der Waals surface area (Å²) in [5.74, 6) is -0.502. The molecule has 6 nitrogen and oxygen atoms in total. The molecule has 6 heteroatoms. The van der Waals surface area contributed by atoms with Gasteiger partial charge in [0.1, 0.15) is 19.3 Å². The molecule has 0 radical (unpaired) electrons. The van der Waals surface area contributed by atoms with Crippen molar-refractivity contribution in [1.29, 1.82) is 0 Å². The van der Waals surface area contributed by atoms with E-state index in [0.29, 0.717) is 19.3 Å². The Kier molecular flexibility index (Phi) is 27.6. The molecule has 0 rings (SSSR count). The Morgan fingerprint density at radius 2 is 1.03 bits per heavy atom. The summed E-state index contributed by atoms with van der Waals surface area (Å²) in [5.41, 5.74) is 0. The molecule has 0 saturated carbocycles. The summed E-state index contributed by atoms with van der Waals surface area (Å²) >= 11 is 0. The van der Waals surface area contributed by atoms with Gasteiger partial charge in [0.15, 0.2) is 5.78 Å². The van der Waals surface area contributed by atoms with Crippen molar-refractivity contribution in [2.75, 3.05) is 13.2 Å². The fourth-order valence-corrected chi connectivity index (χ4v) is 4.18. The molecule has 0 aliphatic heterocycles. The van der Waals surface area contributed by atoms with E-state index in [2.05, 4.69) is 19.9 Å². The fraction of sp³-hybridized carbons (Fsp3) is 0.788. The summed E-state index contributed by atoms with van der Waals surface area (Å²) in [5, 5.41) is 9.91. The van der Waals surface area contributed by atoms with Crippen molar-refractivity contribution in [3.63, 3.8) is 0 Å². The number of allylic oxidation sites excluding steroid dienone is 4. The van der Waals surface area contributed by atoms with E-state index in [4.69, 9.17) is 9.47 Å². The number of aliphatic hydroxyl groups excluding tert-OH is 1. The molecular formula is C33H58O6. The standard InChI is InChI=1S/C33H58O6/c1-3-5-7-9-11-12-14-18-22-26-32(36)38-28-31(35)29-39-33(37)27-23-19-15-17-21-25-30(34)24-20-16-13-10-8-6-4-2/h13,16,20,24,31,35H,3-12,14-15,17-19,21-23,25-29H2,1-2H3/b16-13-,24-20+/t31-/m1/s1. The first-order valence-electron chi connectivity index (χ1n) is 15.8. The Labute approximate surface area is 239 Å². The van der Waals surface area contributed by atoms with Crippen LogP contribution in [0.4, 0.5) is 0 Å². The predicted octanol–water partition coefficient (Wildman–Crippen LogP) is 8.35. The number of unbranched alkanes of at least 4 members (excludes halogenated alkanes) is 15. The van der Waals surface area contributed by atoms with Crippen LogP contribution in [0.2, 0.25) is 0 Å². The molecular weight excluding hydrogens is 492 g/mol. The minimum absolute atomic E-state index is 0.146. The largest absolute Gasteiger partial charge is 0.463 e. The normalized spacial score (nSPS) is 12.3. The molecule has 0 aliphatic rings. The number of aliphatic hydroxyl groups is 1. The Bertz CT molecular complexity index is 655. The maximum atomic E-state index is 11.9. The third kappa shape index (κ3) is 28.9. The van der Waals surface area contributed by atoms with Gasteiger partial charge in [0.25, 0.3) is 0 Å². The maximum Gasteiger partial charge on any atom is 0.305 e.